The molecule has 0 aromatic heterocycles. The van der Waals surface area contributed by atoms with E-state index in [4.69, 9.17) is 10.0 Å². The van der Waals surface area contributed by atoms with Gasteiger partial charge >= 0.3 is 7.12 Å². The van der Waals surface area contributed by atoms with Crippen LogP contribution in [0.4, 0.5) is 5.69 Å². The Bertz CT molecular complexity index is 523. The highest BCUT2D eigenvalue weighted by molar-refractivity contribution is 8.13. The van der Waals surface area contributed by atoms with E-state index >= 15 is 0 Å². The van der Waals surface area contributed by atoms with Gasteiger partial charge in [-0.15, -0.1) is 0 Å². The molecule has 2 rings (SSSR count). The van der Waals surface area contributed by atoms with Gasteiger partial charge in [-0.3, -0.25) is 9.59 Å². The third-order valence-corrected chi connectivity index (χ3v) is 4.25. The van der Waals surface area contributed by atoms with Gasteiger partial charge in [0.05, 0.1) is 0 Å². The van der Waals surface area contributed by atoms with Gasteiger partial charge in [0.15, 0.2) is 5.12 Å². The lowest BCUT2D eigenvalue weighted by Crippen LogP contribution is -2.32. The van der Waals surface area contributed by atoms with Gasteiger partial charge < -0.3 is 14.9 Å². The topological polar surface area (TPSA) is 77.8 Å². The molecule has 0 saturated carbocycles. The minimum atomic E-state index is -1.54. The largest absolute Gasteiger partial charge is 0.488 e. The fourth-order valence-corrected chi connectivity index (χ4v) is 2.92. The van der Waals surface area contributed by atoms with E-state index in [1.807, 2.05) is 0 Å². The first-order valence-corrected chi connectivity index (χ1v) is 7.35. The van der Waals surface area contributed by atoms with Gasteiger partial charge in [0.2, 0.25) is 5.91 Å². The molecule has 2 N–H and O–H groups in total. The van der Waals surface area contributed by atoms with E-state index in [1.165, 1.54) is 18.7 Å². The van der Waals surface area contributed by atoms with Crippen molar-refractivity contribution in [2.45, 2.75) is 13.3 Å². The van der Waals surface area contributed by atoms with Gasteiger partial charge in [0, 0.05) is 31.3 Å². The van der Waals surface area contributed by atoms with E-state index < -0.39 is 7.12 Å². The Kier molecular flexibility index (Phi) is 4.85. The highest BCUT2D eigenvalue weighted by Gasteiger charge is 2.31. The second kappa shape index (κ2) is 6.43. The maximum absolute atomic E-state index is 12.0. The lowest BCUT2D eigenvalue weighted by molar-refractivity contribution is -0.117. The van der Waals surface area contributed by atoms with Crippen LogP contribution in [0.1, 0.15) is 13.3 Å². The molecule has 20 heavy (non-hydrogen) atoms. The minimum Gasteiger partial charge on any atom is -0.423 e. The van der Waals surface area contributed by atoms with Crippen LogP contribution in [0.2, 0.25) is 0 Å². The van der Waals surface area contributed by atoms with Crippen molar-refractivity contribution in [2.75, 3.05) is 17.2 Å². The number of benzene rings is 1. The Balaban J connectivity index is 2.07. The molecule has 0 aliphatic carbocycles. The van der Waals surface area contributed by atoms with E-state index in [0.717, 1.165) is 0 Å². The number of carbonyl (C=O) groups is 2. The van der Waals surface area contributed by atoms with Crippen molar-refractivity contribution >= 4 is 41.1 Å². The van der Waals surface area contributed by atoms with Crippen LogP contribution in [0.15, 0.2) is 24.3 Å². The van der Waals surface area contributed by atoms with E-state index in [2.05, 4.69) is 0 Å². The summed E-state index contributed by atoms with van der Waals surface area (Å²) in [6, 6.07) is 6.65. The van der Waals surface area contributed by atoms with Crippen LogP contribution in [-0.4, -0.2) is 40.5 Å². The Labute approximate surface area is 122 Å². The maximum atomic E-state index is 12.0. The standard InChI is InChI=1S/C13H16BNO4S/c1-9(16)20-8-10-5-13(17)15(7-10)12-4-2-3-11(6-12)14(18)19/h2-4,6,10,18-19H,5,7-8H2,1H3. The molecular weight excluding hydrogens is 277 g/mol. The molecule has 1 atom stereocenters. The van der Waals surface area contributed by atoms with E-state index in [9.17, 15) is 9.59 Å². The normalized spacial score (nSPS) is 18.4. The Morgan fingerprint density at radius 3 is 2.90 bits per heavy atom. The minimum absolute atomic E-state index is 0.00346. The number of nitrogens with zero attached hydrogens (tertiary/aromatic N) is 1. The zero-order valence-corrected chi connectivity index (χ0v) is 12.0. The summed E-state index contributed by atoms with van der Waals surface area (Å²) in [6.07, 6.45) is 0.423. The second-order valence-electron chi connectivity index (χ2n) is 4.85. The van der Waals surface area contributed by atoms with Crippen molar-refractivity contribution in [3.8, 4) is 0 Å². The molecule has 0 bridgehead atoms. The number of hydrogen-bond donors (Lipinski definition) is 2. The number of anilines is 1. The van der Waals surface area contributed by atoms with Gasteiger partial charge in [0.1, 0.15) is 0 Å². The quantitative estimate of drug-likeness (QED) is 0.764. The highest BCUT2D eigenvalue weighted by Crippen LogP contribution is 2.26. The molecule has 1 aliphatic rings. The maximum Gasteiger partial charge on any atom is 0.488 e. The first-order chi connectivity index (χ1) is 9.47. The average molecular weight is 293 g/mol. The summed E-state index contributed by atoms with van der Waals surface area (Å²) in [7, 11) is -1.54. The molecule has 1 unspecified atom stereocenters. The van der Waals surface area contributed by atoms with Crippen molar-refractivity contribution in [1.29, 1.82) is 0 Å². The van der Waals surface area contributed by atoms with E-state index in [-0.39, 0.29) is 16.9 Å². The summed E-state index contributed by atoms with van der Waals surface area (Å²) in [5.74, 6) is 0.794. The molecule has 1 saturated heterocycles. The van der Waals surface area contributed by atoms with Crippen LogP contribution in [-0.2, 0) is 9.59 Å². The van der Waals surface area contributed by atoms with E-state index in [0.29, 0.717) is 29.9 Å². The Hall–Kier alpha value is -1.31. The second-order valence-corrected chi connectivity index (χ2v) is 6.04. The third-order valence-electron chi connectivity index (χ3n) is 3.21. The molecule has 1 aromatic rings. The highest BCUT2D eigenvalue weighted by atomic mass is 32.2. The van der Waals surface area contributed by atoms with Crippen LogP contribution in [0.25, 0.3) is 0 Å². The fraction of sp³-hybridized carbons (Fsp3) is 0.385. The van der Waals surface area contributed by atoms with Gasteiger partial charge in [0.25, 0.3) is 0 Å². The summed E-state index contributed by atoms with van der Waals surface area (Å²) in [6.45, 7) is 2.08. The average Bonchev–Trinajstić information content (AvgIpc) is 2.78. The first kappa shape index (κ1) is 15.1. The molecule has 5 nitrogen and oxygen atoms in total. The molecule has 0 radical (unpaired) electrons. The van der Waals surface area contributed by atoms with Crippen molar-refractivity contribution in [3.05, 3.63) is 24.3 Å². The van der Waals surface area contributed by atoms with Crippen LogP contribution < -0.4 is 10.4 Å². The Morgan fingerprint density at radius 2 is 2.25 bits per heavy atom. The molecular formula is C13H16BNO4S. The zero-order valence-electron chi connectivity index (χ0n) is 11.2. The van der Waals surface area contributed by atoms with Gasteiger partial charge in [-0.1, -0.05) is 23.9 Å². The monoisotopic (exact) mass is 293 g/mol. The lowest BCUT2D eigenvalue weighted by atomic mass is 9.80. The molecule has 1 aliphatic heterocycles. The van der Waals surface area contributed by atoms with Gasteiger partial charge in [-0.25, -0.2) is 0 Å². The third kappa shape index (κ3) is 3.62. The summed E-state index contributed by atoms with van der Waals surface area (Å²) in [5.41, 5.74) is 1.02. The first-order valence-electron chi connectivity index (χ1n) is 6.37. The van der Waals surface area contributed by atoms with Crippen molar-refractivity contribution in [3.63, 3.8) is 0 Å². The van der Waals surface area contributed by atoms with Crippen LogP contribution in [0, 0.1) is 5.92 Å². The predicted octanol–water partition coefficient (Wildman–Crippen LogP) is -0.00100. The molecule has 1 aromatic carbocycles. The molecule has 106 valence electrons. The number of hydrogen-bond acceptors (Lipinski definition) is 5. The van der Waals surface area contributed by atoms with Gasteiger partial charge in [-0.2, -0.15) is 0 Å². The summed E-state index contributed by atoms with van der Waals surface area (Å²) < 4.78 is 0. The van der Waals surface area contributed by atoms with Crippen LogP contribution in [0.3, 0.4) is 0 Å². The van der Waals surface area contributed by atoms with Crippen molar-refractivity contribution in [1.82, 2.24) is 0 Å². The summed E-state index contributed by atoms with van der Waals surface area (Å²) >= 11 is 1.24. The number of amides is 1. The molecule has 1 heterocycles. The Morgan fingerprint density at radius 1 is 1.50 bits per heavy atom. The molecule has 1 fully saturated rings. The smallest absolute Gasteiger partial charge is 0.423 e. The lowest BCUT2D eigenvalue weighted by Gasteiger charge is -2.17. The zero-order chi connectivity index (χ0) is 14.7. The molecule has 1 amide bonds. The SMILES string of the molecule is CC(=O)SCC1CC(=O)N(c2cccc(B(O)O)c2)C1. The van der Waals surface area contributed by atoms with E-state index in [1.54, 1.807) is 29.2 Å². The summed E-state index contributed by atoms with van der Waals surface area (Å²) in [4.78, 5) is 24.6. The van der Waals surface area contributed by atoms with Crippen LogP contribution >= 0.6 is 11.8 Å². The summed E-state index contributed by atoms with van der Waals surface area (Å²) in [5, 5.41) is 18.4. The molecule has 7 heteroatoms. The van der Waals surface area contributed by atoms with Gasteiger partial charge in [-0.05, 0) is 23.5 Å². The fourth-order valence-electron chi connectivity index (χ4n) is 2.23. The molecule has 0 spiro atoms. The van der Waals surface area contributed by atoms with Crippen molar-refractivity contribution in [2.24, 2.45) is 5.92 Å². The van der Waals surface area contributed by atoms with Crippen LogP contribution in [0.5, 0.6) is 0 Å². The number of thioether (sulfide) groups is 1. The predicted molar refractivity (Wildman–Crippen MR) is 79.9 cm³/mol. The number of rotatable bonds is 4. The van der Waals surface area contributed by atoms with Crippen molar-refractivity contribution < 1.29 is 19.6 Å². The number of carbonyl (C=O) groups excluding carboxylic acids is 2.